The molecular formula is C16H26F2N4O. The van der Waals surface area contributed by atoms with Crippen molar-refractivity contribution in [2.24, 2.45) is 4.99 Å². The van der Waals surface area contributed by atoms with E-state index in [4.69, 9.17) is 4.74 Å². The zero-order valence-electron chi connectivity index (χ0n) is 14.0. The maximum absolute atomic E-state index is 13.6. The number of ether oxygens (including phenoxy) is 1. The van der Waals surface area contributed by atoms with E-state index in [9.17, 15) is 8.78 Å². The van der Waals surface area contributed by atoms with Crippen LogP contribution in [0.4, 0.5) is 8.78 Å². The number of benzene rings is 1. The molecule has 0 heterocycles. The Labute approximate surface area is 136 Å². The number of halogens is 2. The van der Waals surface area contributed by atoms with E-state index >= 15 is 0 Å². The van der Waals surface area contributed by atoms with Gasteiger partial charge in [0.15, 0.2) is 5.96 Å². The van der Waals surface area contributed by atoms with Gasteiger partial charge in [-0.3, -0.25) is 0 Å². The standard InChI is InChI=1S/C16H26F2N4O/c1-4-19-16(20-7-8-22(2)9-10-23-3)21-12-13-11-14(17)5-6-15(13)18/h5-6,11H,4,7-10,12H2,1-3H3,(H2,19,20,21). The van der Waals surface area contributed by atoms with Crippen molar-refractivity contribution in [3.63, 3.8) is 0 Å². The molecule has 0 radical (unpaired) electrons. The van der Waals surface area contributed by atoms with Crippen molar-refractivity contribution < 1.29 is 13.5 Å². The van der Waals surface area contributed by atoms with Gasteiger partial charge in [-0.05, 0) is 32.2 Å². The molecule has 0 saturated carbocycles. The largest absolute Gasteiger partial charge is 0.383 e. The van der Waals surface area contributed by atoms with Gasteiger partial charge in [0.05, 0.1) is 13.2 Å². The van der Waals surface area contributed by atoms with Gasteiger partial charge in [-0.2, -0.15) is 0 Å². The van der Waals surface area contributed by atoms with Gasteiger partial charge in [-0.1, -0.05) is 0 Å². The highest BCUT2D eigenvalue weighted by Gasteiger charge is 2.04. The molecule has 7 heteroatoms. The third-order valence-corrected chi connectivity index (χ3v) is 3.22. The maximum Gasteiger partial charge on any atom is 0.191 e. The van der Waals surface area contributed by atoms with Gasteiger partial charge in [-0.15, -0.1) is 0 Å². The molecule has 0 spiro atoms. The number of nitrogens with zero attached hydrogens (tertiary/aromatic N) is 2. The van der Waals surface area contributed by atoms with E-state index in [-0.39, 0.29) is 12.1 Å². The van der Waals surface area contributed by atoms with E-state index in [2.05, 4.69) is 20.5 Å². The van der Waals surface area contributed by atoms with Gasteiger partial charge in [0.25, 0.3) is 0 Å². The fourth-order valence-electron chi connectivity index (χ4n) is 1.89. The topological polar surface area (TPSA) is 48.9 Å². The summed E-state index contributed by atoms with van der Waals surface area (Å²) in [6, 6.07) is 3.38. The molecule has 130 valence electrons. The fraction of sp³-hybridized carbons (Fsp3) is 0.562. The third kappa shape index (κ3) is 7.90. The molecule has 0 aliphatic rings. The first-order valence-corrected chi connectivity index (χ1v) is 7.70. The average molecular weight is 328 g/mol. The minimum absolute atomic E-state index is 0.0818. The summed E-state index contributed by atoms with van der Waals surface area (Å²) < 4.78 is 31.8. The number of aliphatic imine (C=N–C) groups is 1. The Balaban J connectivity index is 2.51. The third-order valence-electron chi connectivity index (χ3n) is 3.22. The molecule has 0 unspecified atom stereocenters. The number of likely N-dealkylation sites (N-methyl/N-ethyl adjacent to an activating group) is 1. The van der Waals surface area contributed by atoms with Gasteiger partial charge in [0.2, 0.25) is 0 Å². The van der Waals surface area contributed by atoms with Crippen LogP contribution in [-0.2, 0) is 11.3 Å². The molecular weight excluding hydrogens is 302 g/mol. The van der Waals surface area contributed by atoms with Crippen LogP contribution in [0.2, 0.25) is 0 Å². The summed E-state index contributed by atoms with van der Waals surface area (Å²) in [5.41, 5.74) is 0.236. The van der Waals surface area contributed by atoms with Gasteiger partial charge >= 0.3 is 0 Å². The Morgan fingerprint density at radius 2 is 2.04 bits per heavy atom. The summed E-state index contributed by atoms with van der Waals surface area (Å²) in [7, 11) is 3.68. The summed E-state index contributed by atoms with van der Waals surface area (Å²) in [6.45, 7) is 5.77. The molecule has 5 nitrogen and oxygen atoms in total. The quantitative estimate of drug-likeness (QED) is 0.534. The lowest BCUT2D eigenvalue weighted by Crippen LogP contribution is -2.41. The van der Waals surface area contributed by atoms with E-state index < -0.39 is 11.6 Å². The number of hydrogen-bond acceptors (Lipinski definition) is 3. The lowest BCUT2D eigenvalue weighted by Gasteiger charge is -2.17. The fourth-order valence-corrected chi connectivity index (χ4v) is 1.89. The molecule has 0 aromatic heterocycles. The zero-order chi connectivity index (χ0) is 17.1. The second-order valence-corrected chi connectivity index (χ2v) is 5.15. The van der Waals surface area contributed by atoms with Crippen LogP contribution in [0.3, 0.4) is 0 Å². The minimum Gasteiger partial charge on any atom is -0.383 e. The average Bonchev–Trinajstić information content (AvgIpc) is 2.53. The molecule has 1 rings (SSSR count). The Morgan fingerprint density at radius 1 is 1.26 bits per heavy atom. The first-order valence-electron chi connectivity index (χ1n) is 7.70. The SMILES string of the molecule is CCNC(=NCc1cc(F)ccc1F)NCCN(C)CCOC. The van der Waals surface area contributed by atoms with Crippen molar-refractivity contribution in [3.8, 4) is 0 Å². The molecule has 0 atom stereocenters. The van der Waals surface area contributed by atoms with Gasteiger partial charge in [-0.25, -0.2) is 13.8 Å². The first kappa shape index (κ1) is 19.3. The Morgan fingerprint density at radius 3 is 2.74 bits per heavy atom. The Bertz CT molecular complexity index is 497. The molecule has 1 aromatic carbocycles. The smallest absolute Gasteiger partial charge is 0.191 e. The van der Waals surface area contributed by atoms with Crippen molar-refractivity contribution in [1.82, 2.24) is 15.5 Å². The van der Waals surface area contributed by atoms with Crippen molar-refractivity contribution in [2.75, 3.05) is 46.9 Å². The van der Waals surface area contributed by atoms with Crippen molar-refractivity contribution >= 4 is 5.96 Å². The van der Waals surface area contributed by atoms with Crippen LogP contribution in [0, 0.1) is 11.6 Å². The summed E-state index contributed by atoms with van der Waals surface area (Å²) in [5.74, 6) is -0.337. The molecule has 0 amide bonds. The van der Waals surface area contributed by atoms with Crippen LogP contribution >= 0.6 is 0 Å². The first-order chi connectivity index (χ1) is 11.1. The van der Waals surface area contributed by atoms with Crippen molar-refractivity contribution in [2.45, 2.75) is 13.5 Å². The summed E-state index contributed by atoms with van der Waals surface area (Å²) >= 11 is 0. The van der Waals surface area contributed by atoms with Crippen LogP contribution < -0.4 is 10.6 Å². The van der Waals surface area contributed by atoms with Crippen LogP contribution in [0.15, 0.2) is 23.2 Å². The predicted molar refractivity (Wildman–Crippen MR) is 88.5 cm³/mol. The number of methoxy groups -OCH3 is 1. The number of rotatable bonds is 9. The van der Waals surface area contributed by atoms with E-state index in [0.29, 0.717) is 25.7 Å². The molecule has 0 bridgehead atoms. The highest BCUT2D eigenvalue weighted by Crippen LogP contribution is 2.10. The van der Waals surface area contributed by atoms with Gasteiger partial charge in [0.1, 0.15) is 11.6 Å². The zero-order valence-corrected chi connectivity index (χ0v) is 14.0. The van der Waals surface area contributed by atoms with Crippen LogP contribution in [0.25, 0.3) is 0 Å². The number of nitrogens with one attached hydrogen (secondary N) is 2. The summed E-state index contributed by atoms with van der Waals surface area (Å²) in [5, 5.41) is 6.26. The van der Waals surface area contributed by atoms with E-state index in [0.717, 1.165) is 25.2 Å². The van der Waals surface area contributed by atoms with E-state index in [1.54, 1.807) is 7.11 Å². The maximum atomic E-state index is 13.6. The lowest BCUT2D eigenvalue weighted by atomic mass is 10.2. The number of hydrogen-bond donors (Lipinski definition) is 2. The second kappa shape index (κ2) is 10.9. The molecule has 2 N–H and O–H groups in total. The van der Waals surface area contributed by atoms with Gasteiger partial charge in [0, 0.05) is 38.9 Å². The van der Waals surface area contributed by atoms with Crippen molar-refractivity contribution in [3.05, 3.63) is 35.4 Å². The van der Waals surface area contributed by atoms with Crippen LogP contribution in [0.1, 0.15) is 12.5 Å². The predicted octanol–water partition coefficient (Wildman–Crippen LogP) is 1.60. The molecule has 0 aliphatic heterocycles. The Kier molecular flexibility index (Phi) is 9.16. The number of guanidine groups is 1. The monoisotopic (exact) mass is 328 g/mol. The van der Waals surface area contributed by atoms with Crippen LogP contribution in [0.5, 0.6) is 0 Å². The summed E-state index contributed by atoms with van der Waals surface area (Å²) in [6.07, 6.45) is 0. The Hall–Kier alpha value is -1.73. The molecule has 0 aliphatic carbocycles. The van der Waals surface area contributed by atoms with Gasteiger partial charge < -0.3 is 20.3 Å². The summed E-state index contributed by atoms with van der Waals surface area (Å²) in [4.78, 5) is 6.42. The second-order valence-electron chi connectivity index (χ2n) is 5.15. The van der Waals surface area contributed by atoms with Crippen molar-refractivity contribution in [1.29, 1.82) is 0 Å². The lowest BCUT2D eigenvalue weighted by molar-refractivity contribution is 0.162. The highest BCUT2D eigenvalue weighted by molar-refractivity contribution is 5.79. The van der Waals surface area contributed by atoms with E-state index in [1.807, 2.05) is 14.0 Å². The molecule has 0 fully saturated rings. The van der Waals surface area contributed by atoms with E-state index in [1.165, 1.54) is 6.07 Å². The molecule has 1 aromatic rings. The highest BCUT2D eigenvalue weighted by atomic mass is 19.1. The molecule has 23 heavy (non-hydrogen) atoms. The van der Waals surface area contributed by atoms with Crippen LogP contribution in [-0.4, -0.2) is 57.8 Å². The normalized spacial score (nSPS) is 11.8. The molecule has 0 saturated heterocycles. The minimum atomic E-state index is -0.464.